The van der Waals surface area contributed by atoms with Gasteiger partial charge in [0.25, 0.3) is 5.91 Å². The van der Waals surface area contributed by atoms with Gasteiger partial charge in [-0.25, -0.2) is 4.79 Å². The first-order chi connectivity index (χ1) is 13.6. The molecule has 1 amide bonds. The van der Waals surface area contributed by atoms with Crippen LogP contribution in [-0.2, 0) is 9.53 Å². The standard InChI is InChI=1S/C21H19NO6/c1-2-25-16-9-11-18(12-10-16)28-17-7-5-15(6-8-17)22-20(23)14-27-21(24)19-4-3-13-26-19/h3-13H,2,14H2,1H3,(H,22,23). The third kappa shape index (κ3) is 5.38. The normalized spacial score (nSPS) is 10.2. The molecule has 3 aromatic rings. The van der Waals surface area contributed by atoms with Crippen LogP contribution >= 0.6 is 0 Å². The quantitative estimate of drug-likeness (QED) is 0.587. The highest BCUT2D eigenvalue weighted by Crippen LogP contribution is 2.25. The fraction of sp³-hybridized carbons (Fsp3) is 0.143. The highest BCUT2D eigenvalue weighted by Gasteiger charge is 2.12. The minimum Gasteiger partial charge on any atom is -0.494 e. The van der Waals surface area contributed by atoms with Crippen molar-refractivity contribution in [1.82, 2.24) is 0 Å². The van der Waals surface area contributed by atoms with Gasteiger partial charge in [-0.15, -0.1) is 0 Å². The van der Waals surface area contributed by atoms with E-state index in [0.717, 1.165) is 5.75 Å². The lowest BCUT2D eigenvalue weighted by atomic mass is 10.3. The Balaban J connectivity index is 1.48. The number of furan rings is 1. The van der Waals surface area contributed by atoms with Gasteiger partial charge in [0.15, 0.2) is 6.61 Å². The molecule has 0 radical (unpaired) electrons. The number of nitrogens with one attached hydrogen (secondary N) is 1. The summed E-state index contributed by atoms with van der Waals surface area (Å²) in [5.74, 6) is 0.958. The van der Waals surface area contributed by atoms with E-state index >= 15 is 0 Å². The molecule has 3 rings (SSSR count). The summed E-state index contributed by atoms with van der Waals surface area (Å²) in [4.78, 5) is 23.5. The molecule has 0 aliphatic carbocycles. The second-order valence-electron chi connectivity index (χ2n) is 5.63. The van der Waals surface area contributed by atoms with Crippen molar-refractivity contribution in [2.24, 2.45) is 0 Å². The van der Waals surface area contributed by atoms with E-state index in [0.29, 0.717) is 23.8 Å². The zero-order valence-corrected chi connectivity index (χ0v) is 15.2. The van der Waals surface area contributed by atoms with Gasteiger partial charge >= 0.3 is 5.97 Å². The van der Waals surface area contributed by atoms with Gasteiger partial charge in [0, 0.05) is 5.69 Å². The molecule has 2 aromatic carbocycles. The topological polar surface area (TPSA) is 87.0 Å². The number of anilines is 1. The molecule has 0 aliphatic heterocycles. The molecule has 0 saturated carbocycles. The van der Waals surface area contributed by atoms with E-state index in [-0.39, 0.29) is 5.76 Å². The lowest BCUT2D eigenvalue weighted by Crippen LogP contribution is -2.20. The Bertz CT molecular complexity index is 901. The molecule has 28 heavy (non-hydrogen) atoms. The minimum atomic E-state index is -0.695. The molecule has 0 fully saturated rings. The Kier molecular flexibility index (Phi) is 6.30. The van der Waals surface area contributed by atoms with E-state index in [1.165, 1.54) is 12.3 Å². The predicted octanol–water partition coefficient (Wildman–Crippen LogP) is 4.27. The van der Waals surface area contributed by atoms with Crippen LogP contribution in [0.1, 0.15) is 17.5 Å². The summed E-state index contributed by atoms with van der Waals surface area (Å²) < 4.78 is 20.9. The SMILES string of the molecule is CCOc1ccc(Oc2ccc(NC(=O)COC(=O)c3ccco3)cc2)cc1. The second kappa shape index (κ2) is 9.27. The fourth-order valence-electron chi connectivity index (χ4n) is 2.31. The number of carbonyl (C=O) groups is 2. The van der Waals surface area contributed by atoms with Crippen molar-refractivity contribution in [3.05, 3.63) is 72.7 Å². The maximum Gasteiger partial charge on any atom is 0.374 e. The molecular weight excluding hydrogens is 362 g/mol. The molecular formula is C21H19NO6. The molecule has 0 spiro atoms. The smallest absolute Gasteiger partial charge is 0.374 e. The van der Waals surface area contributed by atoms with Crippen molar-refractivity contribution in [2.45, 2.75) is 6.92 Å². The Labute approximate surface area is 161 Å². The van der Waals surface area contributed by atoms with Crippen LogP contribution in [0.2, 0.25) is 0 Å². The monoisotopic (exact) mass is 381 g/mol. The molecule has 1 heterocycles. The van der Waals surface area contributed by atoms with Gasteiger partial charge in [-0.3, -0.25) is 4.79 Å². The van der Waals surface area contributed by atoms with Crippen molar-refractivity contribution in [2.75, 3.05) is 18.5 Å². The van der Waals surface area contributed by atoms with E-state index in [2.05, 4.69) is 5.32 Å². The summed E-state index contributed by atoms with van der Waals surface area (Å²) >= 11 is 0. The summed E-state index contributed by atoms with van der Waals surface area (Å²) in [7, 11) is 0. The van der Waals surface area contributed by atoms with Crippen molar-refractivity contribution in [3.63, 3.8) is 0 Å². The van der Waals surface area contributed by atoms with Crippen LogP contribution in [0.5, 0.6) is 17.2 Å². The third-order valence-corrected chi connectivity index (χ3v) is 3.57. The first kappa shape index (κ1) is 19.0. The average Bonchev–Trinajstić information content (AvgIpc) is 3.24. The van der Waals surface area contributed by atoms with E-state index in [9.17, 15) is 9.59 Å². The highest BCUT2D eigenvalue weighted by molar-refractivity contribution is 5.94. The second-order valence-corrected chi connectivity index (χ2v) is 5.63. The zero-order valence-electron chi connectivity index (χ0n) is 15.2. The number of ether oxygens (including phenoxy) is 3. The largest absolute Gasteiger partial charge is 0.494 e. The first-order valence-electron chi connectivity index (χ1n) is 8.65. The van der Waals surface area contributed by atoms with Crippen molar-refractivity contribution < 1.29 is 28.2 Å². The Morgan fingerprint density at radius 3 is 2.18 bits per heavy atom. The van der Waals surface area contributed by atoms with E-state index < -0.39 is 18.5 Å². The number of rotatable bonds is 8. The van der Waals surface area contributed by atoms with Crippen LogP contribution < -0.4 is 14.8 Å². The van der Waals surface area contributed by atoms with Gasteiger partial charge in [-0.05, 0) is 67.6 Å². The van der Waals surface area contributed by atoms with E-state index in [1.807, 2.05) is 31.2 Å². The van der Waals surface area contributed by atoms with Crippen LogP contribution in [0, 0.1) is 0 Å². The Morgan fingerprint density at radius 1 is 0.929 bits per heavy atom. The van der Waals surface area contributed by atoms with Gasteiger partial charge in [0.05, 0.1) is 12.9 Å². The number of hydrogen-bond donors (Lipinski definition) is 1. The summed E-state index contributed by atoms with van der Waals surface area (Å²) in [6, 6.07) is 17.1. The van der Waals surface area contributed by atoms with Crippen molar-refractivity contribution >= 4 is 17.6 Å². The molecule has 1 N–H and O–H groups in total. The summed E-state index contributed by atoms with van der Waals surface area (Å²) in [5.41, 5.74) is 0.554. The molecule has 144 valence electrons. The van der Waals surface area contributed by atoms with Crippen LogP contribution in [0.3, 0.4) is 0 Å². The lowest BCUT2D eigenvalue weighted by molar-refractivity contribution is -0.119. The Hall–Kier alpha value is -3.74. The third-order valence-electron chi connectivity index (χ3n) is 3.57. The fourth-order valence-corrected chi connectivity index (χ4v) is 2.31. The lowest BCUT2D eigenvalue weighted by Gasteiger charge is -2.09. The summed E-state index contributed by atoms with van der Waals surface area (Å²) in [5, 5.41) is 2.64. The van der Waals surface area contributed by atoms with Crippen LogP contribution in [-0.4, -0.2) is 25.1 Å². The first-order valence-corrected chi connectivity index (χ1v) is 8.65. The maximum absolute atomic E-state index is 11.9. The number of benzene rings is 2. The molecule has 1 aromatic heterocycles. The van der Waals surface area contributed by atoms with Gasteiger partial charge in [-0.2, -0.15) is 0 Å². The summed E-state index contributed by atoms with van der Waals surface area (Å²) in [6.45, 7) is 2.12. The van der Waals surface area contributed by atoms with E-state index in [1.54, 1.807) is 30.3 Å². The minimum absolute atomic E-state index is 0.0450. The number of esters is 1. The number of hydrogen-bond acceptors (Lipinski definition) is 6. The van der Waals surface area contributed by atoms with Crippen LogP contribution in [0.4, 0.5) is 5.69 Å². The molecule has 0 atom stereocenters. The number of amides is 1. The Morgan fingerprint density at radius 2 is 1.57 bits per heavy atom. The molecule has 0 aliphatic rings. The van der Waals surface area contributed by atoms with Gasteiger partial charge in [0.2, 0.25) is 5.76 Å². The van der Waals surface area contributed by atoms with Gasteiger partial charge < -0.3 is 23.9 Å². The van der Waals surface area contributed by atoms with Crippen LogP contribution in [0.15, 0.2) is 71.3 Å². The molecule has 0 bridgehead atoms. The van der Waals surface area contributed by atoms with E-state index in [4.69, 9.17) is 18.6 Å². The zero-order chi connectivity index (χ0) is 19.8. The summed E-state index contributed by atoms with van der Waals surface area (Å²) in [6.07, 6.45) is 1.35. The van der Waals surface area contributed by atoms with Gasteiger partial charge in [0.1, 0.15) is 17.2 Å². The molecule has 7 nitrogen and oxygen atoms in total. The highest BCUT2D eigenvalue weighted by atomic mass is 16.5. The molecule has 7 heteroatoms. The molecule has 0 unspecified atom stereocenters. The number of carbonyl (C=O) groups excluding carboxylic acids is 2. The predicted molar refractivity (Wildman–Crippen MR) is 102 cm³/mol. The average molecular weight is 381 g/mol. The van der Waals surface area contributed by atoms with Crippen molar-refractivity contribution in [3.8, 4) is 17.2 Å². The maximum atomic E-state index is 11.9. The van der Waals surface area contributed by atoms with Gasteiger partial charge in [-0.1, -0.05) is 0 Å². The molecule has 0 saturated heterocycles. The van der Waals surface area contributed by atoms with Crippen molar-refractivity contribution in [1.29, 1.82) is 0 Å². The van der Waals surface area contributed by atoms with Crippen LogP contribution in [0.25, 0.3) is 0 Å².